The molecule has 0 unspecified atom stereocenters. The Balaban J connectivity index is 1.98. The molecule has 2 aromatic carbocycles. The molecular weight excluding hydrogens is 525 g/mol. The summed E-state index contributed by atoms with van der Waals surface area (Å²) in [6.45, 7) is 5.00. The van der Waals surface area contributed by atoms with Crippen LogP contribution in [0, 0.1) is 19.7 Å². The number of aromatic amines is 1. The summed E-state index contributed by atoms with van der Waals surface area (Å²) in [4.78, 5) is 27.5. The third-order valence-electron chi connectivity index (χ3n) is 6.68. The SMILES string of the molecule is Cc1ccc(F)c([C@@H](C)[C@@H](c2n[nH]c(=O)o2)N2CN(C)c3cc(Cl)cc(C(=O)N(C)C)c3S2(=O)=O)c1C. The maximum atomic E-state index is 15.2. The van der Waals surface area contributed by atoms with Crippen LogP contribution in [0.1, 0.15) is 51.8 Å². The average molecular weight is 552 g/mol. The van der Waals surface area contributed by atoms with Crippen LogP contribution in [0.2, 0.25) is 5.02 Å². The molecular formula is C24H27ClFN5O5S. The number of halogens is 2. The quantitative estimate of drug-likeness (QED) is 0.516. The van der Waals surface area contributed by atoms with E-state index in [1.165, 1.54) is 37.2 Å². The van der Waals surface area contributed by atoms with E-state index in [0.29, 0.717) is 5.56 Å². The second-order valence-electron chi connectivity index (χ2n) is 9.32. The number of amides is 1. The summed E-state index contributed by atoms with van der Waals surface area (Å²) in [6, 6.07) is 4.49. The predicted octanol–water partition coefficient (Wildman–Crippen LogP) is 3.42. The molecule has 1 aromatic heterocycles. The molecule has 0 saturated carbocycles. The van der Waals surface area contributed by atoms with Crippen molar-refractivity contribution in [2.75, 3.05) is 32.7 Å². The van der Waals surface area contributed by atoms with E-state index in [1.54, 1.807) is 31.9 Å². The number of hydrogen-bond acceptors (Lipinski definition) is 7. The molecule has 1 amide bonds. The Labute approximate surface area is 218 Å². The lowest BCUT2D eigenvalue weighted by Crippen LogP contribution is -2.48. The van der Waals surface area contributed by atoms with Gasteiger partial charge in [0.2, 0.25) is 15.9 Å². The smallest absolute Gasteiger partial charge is 0.391 e. The van der Waals surface area contributed by atoms with Crippen molar-refractivity contribution in [2.45, 2.75) is 37.6 Å². The first-order valence-corrected chi connectivity index (χ1v) is 13.2. The first-order chi connectivity index (χ1) is 17.2. The molecule has 0 saturated heterocycles. The molecule has 0 radical (unpaired) electrons. The van der Waals surface area contributed by atoms with Crippen molar-refractivity contribution in [3.63, 3.8) is 0 Å². The molecule has 13 heteroatoms. The predicted molar refractivity (Wildman–Crippen MR) is 136 cm³/mol. The highest BCUT2D eigenvalue weighted by Gasteiger charge is 2.46. The lowest BCUT2D eigenvalue weighted by atomic mass is 9.87. The molecule has 37 heavy (non-hydrogen) atoms. The normalized spacial score (nSPS) is 16.8. The Morgan fingerprint density at radius 3 is 2.54 bits per heavy atom. The minimum atomic E-state index is -4.42. The highest BCUT2D eigenvalue weighted by Crippen LogP contribution is 2.45. The van der Waals surface area contributed by atoms with E-state index in [4.69, 9.17) is 16.0 Å². The van der Waals surface area contributed by atoms with Crippen LogP contribution in [0.25, 0.3) is 0 Å². The molecule has 3 aromatic rings. The largest absolute Gasteiger partial charge is 0.434 e. The van der Waals surface area contributed by atoms with Crippen LogP contribution in [0.4, 0.5) is 10.1 Å². The van der Waals surface area contributed by atoms with Crippen molar-refractivity contribution in [2.24, 2.45) is 0 Å². The number of carbonyl (C=O) groups excluding carboxylic acids is 1. The number of anilines is 1. The third-order valence-corrected chi connectivity index (χ3v) is 8.80. The van der Waals surface area contributed by atoms with E-state index in [9.17, 15) is 18.0 Å². The summed E-state index contributed by atoms with van der Waals surface area (Å²) >= 11 is 6.26. The van der Waals surface area contributed by atoms with E-state index >= 15 is 4.39 Å². The second kappa shape index (κ2) is 9.58. The third kappa shape index (κ3) is 4.53. The summed E-state index contributed by atoms with van der Waals surface area (Å²) in [5, 5.41) is 6.28. The summed E-state index contributed by atoms with van der Waals surface area (Å²) in [7, 11) is 0.217. The van der Waals surface area contributed by atoms with Crippen molar-refractivity contribution in [3.8, 4) is 0 Å². The van der Waals surface area contributed by atoms with Crippen LogP contribution in [0.3, 0.4) is 0 Å². The van der Waals surface area contributed by atoms with Gasteiger partial charge in [-0.2, -0.15) is 4.31 Å². The van der Waals surface area contributed by atoms with E-state index in [0.717, 1.165) is 9.87 Å². The number of carbonyl (C=O) groups is 1. The molecule has 2 heterocycles. The summed E-state index contributed by atoms with van der Waals surface area (Å²) in [5.41, 5.74) is 1.83. The summed E-state index contributed by atoms with van der Waals surface area (Å²) < 4.78 is 50.0. The molecule has 0 spiro atoms. The van der Waals surface area contributed by atoms with E-state index in [1.807, 2.05) is 6.92 Å². The zero-order valence-corrected chi connectivity index (χ0v) is 22.7. The fourth-order valence-electron chi connectivity index (χ4n) is 4.73. The summed E-state index contributed by atoms with van der Waals surface area (Å²) in [5.74, 6) is -3.04. The van der Waals surface area contributed by atoms with Crippen LogP contribution in [0.5, 0.6) is 0 Å². The monoisotopic (exact) mass is 551 g/mol. The van der Waals surface area contributed by atoms with Gasteiger partial charge in [0.15, 0.2) is 0 Å². The Morgan fingerprint density at radius 1 is 1.27 bits per heavy atom. The zero-order valence-electron chi connectivity index (χ0n) is 21.2. The number of rotatable bonds is 5. The topological polar surface area (TPSA) is 120 Å². The Bertz CT molecular complexity index is 1550. The maximum absolute atomic E-state index is 15.2. The van der Waals surface area contributed by atoms with Crippen LogP contribution in [0.15, 0.2) is 38.4 Å². The zero-order chi connectivity index (χ0) is 27.4. The molecule has 1 N–H and O–H groups in total. The fourth-order valence-corrected chi connectivity index (χ4v) is 6.97. The number of nitrogens with one attached hydrogen (secondary N) is 1. The number of aromatic nitrogens is 2. The number of nitrogens with zero attached hydrogens (tertiary/aromatic N) is 4. The number of aryl methyl sites for hydroxylation is 1. The lowest BCUT2D eigenvalue weighted by molar-refractivity contribution is 0.0823. The lowest BCUT2D eigenvalue weighted by Gasteiger charge is -2.41. The Kier molecular flexibility index (Phi) is 6.95. The van der Waals surface area contributed by atoms with Crippen molar-refractivity contribution in [3.05, 3.63) is 73.8 Å². The van der Waals surface area contributed by atoms with Gasteiger partial charge in [0.1, 0.15) is 16.8 Å². The van der Waals surface area contributed by atoms with Crippen LogP contribution < -0.4 is 10.7 Å². The van der Waals surface area contributed by atoms with E-state index in [-0.39, 0.29) is 39.3 Å². The number of sulfonamides is 1. The van der Waals surface area contributed by atoms with Gasteiger partial charge in [0, 0.05) is 32.1 Å². The van der Waals surface area contributed by atoms with Crippen molar-refractivity contribution < 1.29 is 22.0 Å². The highest BCUT2D eigenvalue weighted by molar-refractivity contribution is 7.89. The van der Waals surface area contributed by atoms with Gasteiger partial charge in [-0.1, -0.05) is 24.6 Å². The molecule has 2 atom stereocenters. The molecule has 1 aliphatic heterocycles. The molecule has 1 aliphatic rings. The molecule has 10 nitrogen and oxygen atoms in total. The number of H-pyrrole nitrogens is 1. The second-order valence-corrected chi connectivity index (χ2v) is 11.6. The first kappa shape index (κ1) is 26.8. The standard InChI is InChI=1S/C24H27ClFN5O5S/c1-12-7-8-17(26)19(13(12)2)14(3)20(22-27-28-24(33)36-22)31-11-30(6)18-10-15(25)9-16(23(32)29(4)5)21(18)37(31,34)35/h7-10,14,20H,11H2,1-6H3,(H,28,33)/t14-,20+/m1/s1. The molecule has 0 aliphatic carbocycles. The molecule has 198 valence electrons. The van der Waals surface area contributed by atoms with Gasteiger partial charge in [-0.3, -0.25) is 4.79 Å². The first-order valence-electron chi connectivity index (χ1n) is 11.3. The number of fused-ring (bicyclic) bond motifs is 1. The van der Waals surface area contributed by atoms with E-state index in [2.05, 4.69) is 10.2 Å². The minimum absolute atomic E-state index is 0.114. The Morgan fingerprint density at radius 2 is 1.95 bits per heavy atom. The molecule has 0 bridgehead atoms. The van der Waals surface area contributed by atoms with Gasteiger partial charge >= 0.3 is 5.76 Å². The van der Waals surface area contributed by atoms with Crippen LogP contribution in [-0.4, -0.2) is 61.5 Å². The van der Waals surface area contributed by atoms with Gasteiger partial charge < -0.3 is 14.2 Å². The molecule has 4 rings (SSSR count). The Hall–Kier alpha value is -3.22. The van der Waals surface area contributed by atoms with Gasteiger partial charge in [0.25, 0.3) is 5.91 Å². The number of benzene rings is 2. The van der Waals surface area contributed by atoms with Crippen molar-refractivity contribution in [1.82, 2.24) is 19.4 Å². The van der Waals surface area contributed by atoms with Gasteiger partial charge in [-0.25, -0.2) is 22.7 Å². The fraction of sp³-hybridized carbons (Fsp3) is 0.375. The van der Waals surface area contributed by atoms with Crippen molar-refractivity contribution in [1.29, 1.82) is 0 Å². The van der Waals surface area contributed by atoms with E-state index < -0.39 is 39.5 Å². The minimum Gasteiger partial charge on any atom is -0.391 e. The van der Waals surface area contributed by atoms with Crippen LogP contribution >= 0.6 is 11.6 Å². The highest BCUT2D eigenvalue weighted by atomic mass is 35.5. The van der Waals surface area contributed by atoms with Gasteiger partial charge in [-0.05, 0) is 48.7 Å². The average Bonchev–Trinajstić information content (AvgIpc) is 3.24. The number of hydrogen-bond donors (Lipinski definition) is 1. The molecule has 0 fully saturated rings. The van der Waals surface area contributed by atoms with Gasteiger partial charge in [0.05, 0.1) is 17.9 Å². The maximum Gasteiger partial charge on any atom is 0.434 e. The van der Waals surface area contributed by atoms with Gasteiger partial charge in [-0.15, -0.1) is 5.10 Å². The van der Waals surface area contributed by atoms with Crippen LogP contribution in [-0.2, 0) is 10.0 Å². The van der Waals surface area contributed by atoms with Crippen molar-refractivity contribution >= 4 is 33.2 Å². The summed E-state index contributed by atoms with van der Waals surface area (Å²) in [6.07, 6.45) is 0.